The van der Waals surface area contributed by atoms with Crippen molar-refractivity contribution >= 4 is 28.7 Å². The van der Waals surface area contributed by atoms with Gasteiger partial charge in [-0.2, -0.15) is 10.4 Å². The van der Waals surface area contributed by atoms with Gasteiger partial charge in [0, 0.05) is 31.1 Å². The maximum Gasteiger partial charge on any atom is 0.255 e. The van der Waals surface area contributed by atoms with Crippen LogP contribution in [0.25, 0.3) is 16.9 Å². The Morgan fingerprint density at radius 3 is 2.15 bits per heavy atom. The van der Waals surface area contributed by atoms with Gasteiger partial charge in [0.15, 0.2) is 0 Å². The van der Waals surface area contributed by atoms with E-state index in [0.717, 1.165) is 68.3 Å². The van der Waals surface area contributed by atoms with Crippen LogP contribution in [0, 0.1) is 23.2 Å². The molecule has 0 aliphatic heterocycles. The lowest BCUT2D eigenvalue weighted by Crippen LogP contribution is -2.38. The second-order valence-electron chi connectivity index (χ2n) is 11.9. The lowest BCUT2D eigenvalue weighted by atomic mass is 9.83. The Labute approximate surface area is 240 Å². The number of rotatable bonds is 9. The summed E-state index contributed by atoms with van der Waals surface area (Å²) in [4.78, 5) is 41.4. The van der Waals surface area contributed by atoms with Crippen molar-refractivity contribution in [2.45, 2.75) is 90.1 Å². The van der Waals surface area contributed by atoms with Crippen LogP contribution in [0.1, 0.15) is 94.0 Å². The van der Waals surface area contributed by atoms with Gasteiger partial charge in [0.05, 0.1) is 39.9 Å². The number of nitriles is 1. The van der Waals surface area contributed by atoms with Crippen molar-refractivity contribution in [2.24, 2.45) is 11.8 Å². The molecule has 3 heterocycles. The van der Waals surface area contributed by atoms with Gasteiger partial charge in [-0.15, -0.1) is 0 Å². The van der Waals surface area contributed by atoms with Crippen molar-refractivity contribution in [3.8, 4) is 17.5 Å². The summed E-state index contributed by atoms with van der Waals surface area (Å²) in [5.74, 6) is 1.15. The van der Waals surface area contributed by atoms with Crippen LogP contribution in [0.4, 0.5) is 5.69 Å². The number of hydrogen-bond acceptors (Lipinski definition) is 7. The van der Waals surface area contributed by atoms with E-state index in [2.05, 4.69) is 26.8 Å². The molecule has 9 nitrogen and oxygen atoms in total. The zero-order valence-corrected chi connectivity index (χ0v) is 23.9. The quantitative estimate of drug-likeness (QED) is 0.358. The lowest BCUT2D eigenvalue weighted by Gasteiger charge is -2.31. The molecular formula is C32H38N6O3. The second kappa shape index (κ2) is 12.6. The number of fused-ring (bicyclic) bond motifs is 1. The summed E-state index contributed by atoms with van der Waals surface area (Å²) < 4.78 is 1.75. The molecule has 3 aromatic heterocycles. The monoisotopic (exact) mass is 554 g/mol. The van der Waals surface area contributed by atoms with Crippen molar-refractivity contribution < 1.29 is 14.4 Å². The van der Waals surface area contributed by atoms with Gasteiger partial charge >= 0.3 is 0 Å². The number of aromatic nitrogens is 3. The van der Waals surface area contributed by atoms with Crippen molar-refractivity contribution in [1.82, 2.24) is 19.9 Å². The summed E-state index contributed by atoms with van der Waals surface area (Å²) in [5, 5.41) is 20.5. The summed E-state index contributed by atoms with van der Waals surface area (Å²) in [7, 11) is 0. The molecule has 0 saturated heterocycles. The van der Waals surface area contributed by atoms with E-state index in [4.69, 9.17) is 0 Å². The molecule has 0 unspecified atom stereocenters. The van der Waals surface area contributed by atoms with E-state index in [1.165, 1.54) is 6.20 Å². The first-order valence-corrected chi connectivity index (χ1v) is 14.7. The van der Waals surface area contributed by atoms with Gasteiger partial charge in [-0.3, -0.25) is 9.78 Å². The molecule has 2 aliphatic carbocycles. The normalized spacial score (nSPS) is 22.6. The van der Waals surface area contributed by atoms with Crippen LogP contribution in [-0.2, 0) is 9.59 Å². The highest BCUT2D eigenvalue weighted by Gasteiger charge is 2.27. The first-order chi connectivity index (χ1) is 19.8. The summed E-state index contributed by atoms with van der Waals surface area (Å²) >= 11 is 0. The Balaban J connectivity index is 1.37. The average molecular weight is 555 g/mol. The van der Waals surface area contributed by atoms with Gasteiger partial charge in [0.1, 0.15) is 17.6 Å². The highest BCUT2D eigenvalue weighted by molar-refractivity contribution is 6.00. The molecule has 0 bridgehead atoms. The molecule has 5 rings (SSSR count). The van der Waals surface area contributed by atoms with Crippen LogP contribution >= 0.6 is 0 Å². The van der Waals surface area contributed by atoms with Crippen LogP contribution in [-0.4, -0.2) is 44.2 Å². The number of ketones is 2. The predicted octanol–water partition coefficient (Wildman–Crippen LogP) is 5.49. The molecule has 2 N–H and O–H groups in total. The first-order valence-electron chi connectivity index (χ1n) is 14.7. The SMILES string of the molecule is CC(=O)CC1CCC(NC(=O)c2cnc(-c3ccc4cc(C#N)cnn34)cc2NC2CCC(CC(C)=O)CC2)CC1. The molecule has 0 spiro atoms. The molecular weight excluding hydrogens is 516 g/mol. The highest BCUT2D eigenvalue weighted by Crippen LogP contribution is 2.32. The van der Waals surface area contributed by atoms with E-state index >= 15 is 0 Å². The summed E-state index contributed by atoms with van der Waals surface area (Å²) in [5.41, 5.74) is 3.97. The minimum atomic E-state index is -0.149. The predicted molar refractivity (Wildman–Crippen MR) is 156 cm³/mol. The zero-order chi connectivity index (χ0) is 28.9. The number of hydrogen-bond donors (Lipinski definition) is 2. The van der Waals surface area contributed by atoms with E-state index in [-0.39, 0.29) is 29.6 Å². The fraction of sp³-hybridized carbons (Fsp3) is 0.500. The fourth-order valence-corrected chi connectivity index (χ4v) is 6.47. The van der Waals surface area contributed by atoms with E-state index in [1.54, 1.807) is 30.6 Å². The number of pyridine rings is 1. The van der Waals surface area contributed by atoms with Crippen molar-refractivity contribution in [3.63, 3.8) is 0 Å². The zero-order valence-electron chi connectivity index (χ0n) is 23.9. The Bertz CT molecular complexity index is 1470. The van der Waals surface area contributed by atoms with Gasteiger partial charge in [-0.25, -0.2) is 4.52 Å². The molecule has 0 radical (unpaired) electrons. The third-order valence-corrected chi connectivity index (χ3v) is 8.58. The van der Waals surface area contributed by atoms with Crippen molar-refractivity contribution in [3.05, 3.63) is 47.8 Å². The highest BCUT2D eigenvalue weighted by atomic mass is 16.2. The smallest absolute Gasteiger partial charge is 0.255 e. The molecule has 3 aromatic rings. The summed E-state index contributed by atoms with van der Waals surface area (Å²) in [6, 6.07) is 9.91. The number of amides is 1. The minimum absolute atomic E-state index is 0.0772. The van der Waals surface area contributed by atoms with E-state index in [9.17, 15) is 19.6 Å². The number of carbonyl (C=O) groups excluding carboxylic acids is 3. The number of anilines is 1. The molecule has 2 saturated carbocycles. The van der Waals surface area contributed by atoms with Gasteiger partial charge < -0.3 is 20.2 Å². The van der Waals surface area contributed by atoms with E-state index < -0.39 is 0 Å². The average Bonchev–Trinajstić information content (AvgIpc) is 3.38. The second-order valence-corrected chi connectivity index (χ2v) is 11.9. The number of nitrogens with one attached hydrogen (secondary N) is 2. The van der Waals surface area contributed by atoms with Gasteiger partial charge in [0.2, 0.25) is 0 Å². The van der Waals surface area contributed by atoms with E-state index in [0.29, 0.717) is 41.5 Å². The molecule has 41 heavy (non-hydrogen) atoms. The van der Waals surface area contributed by atoms with Crippen LogP contribution in [0.15, 0.2) is 36.7 Å². The lowest BCUT2D eigenvalue weighted by molar-refractivity contribution is -0.119. The molecule has 214 valence electrons. The molecule has 0 atom stereocenters. The van der Waals surface area contributed by atoms with Crippen LogP contribution < -0.4 is 10.6 Å². The minimum Gasteiger partial charge on any atom is -0.382 e. The Hall–Kier alpha value is -4.06. The Morgan fingerprint density at radius 1 is 0.902 bits per heavy atom. The van der Waals surface area contributed by atoms with Crippen molar-refractivity contribution in [1.29, 1.82) is 5.26 Å². The maximum absolute atomic E-state index is 13.6. The number of carbonyl (C=O) groups is 3. The van der Waals surface area contributed by atoms with Crippen LogP contribution in [0.2, 0.25) is 0 Å². The van der Waals surface area contributed by atoms with Gasteiger partial charge in [0.25, 0.3) is 5.91 Å². The van der Waals surface area contributed by atoms with Gasteiger partial charge in [-0.1, -0.05) is 0 Å². The molecule has 2 fully saturated rings. The largest absolute Gasteiger partial charge is 0.382 e. The summed E-state index contributed by atoms with van der Waals surface area (Å²) in [6.45, 7) is 3.30. The third-order valence-electron chi connectivity index (χ3n) is 8.58. The molecule has 0 aromatic carbocycles. The third kappa shape index (κ3) is 6.99. The van der Waals surface area contributed by atoms with Crippen molar-refractivity contribution in [2.75, 3.05) is 5.32 Å². The topological polar surface area (TPSA) is 129 Å². The summed E-state index contributed by atoms with van der Waals surface area (Å²) in [6.07, 6.45) is 11.9. The van der Waals surface area contributed by atoms with Crippen LogP contribution in [0.5, 0.6) is 0 Å². The Kier molecular flexibility index (Phi) is 8.77. The number of nitrogens with zero attached hydrogens (tertiary/aromatic N) is 4. The molecule has 9 heteroatoms. The fourth-order valence-electron chi connectivity index (χ4n) is 6.47. The molecule has 2 aliphatic rings. The maximum atomic E-state index is 13.6. The van der Waals surface area contributed by atoms with Gasteiger partial charge in [-0.05, 0) is 101 Å². The Morgan fingerprint density at radius 2 is 1.54 bits per heavy atom. The first kappa shape index (κ1) is 28.5. The number of Topliss-reactive ketones (excluding diaryl/α,β-unsaturated/α-hetero) is 2. The molecule has 1 amide bonds. The standard InChI is InChI=1S/C32H38N6O3/c1-20(39)13-22-3-7-25(8-4-22)36-29-16-30(31-12-11-27-15-24(17-33)18-35-38(27)31)34-19-28(29)32(41)37-26-9-5-23(6-10-26)14-21(2)40/h11-12,15-16,18-19,22-23,25-26H,3-10,13-14H2,1-2H3,(H,34,36)(H,37,41). The van der Waals surface area contributed by atoms with Crippen LogP contribution in [0.3, 0.4) is 0 Å². The van der Waals surface area contributed by atoms with E-state index in [1.807, 2.05) is 18.2 Å².